The van der Waals surface area contributed by atoms with Gasteiger partial charge < -0.3 is 20.3 Å². The van der Waals surface area contributed by atoms with E-state index in [2.05, 4.69) is 32.6 Å². The Morgan fingerprint density at radius 3 is 2.90 bits per heavy atom. The van der Waals surface area contributed by atoms with E-state index < -0.39 is 0 Å². The van der Waals surface area contributed by atoms with Crippen LogP contribution in [0.1, 0.15) is 50.7 Å². The summed E-state index contributed by atoms with van der Waals surface area (Å²) in [5.74, 6) is 2.86. The van der Waals surface area contributed by atoms with Crippen molar-refractivity contribution >= 4 is 35.8 Å². The van der Waals surface area contributed by atoms with E-state index in [1.807, 2.05) is 9.58 Å². The van der Waals surface area contributed by atoms with E-state index in [0.717, 1.165) is 69.3 Å². The molecule has 10 heteroatoms. The van der Waals surface area contributed by atoms with Crippen LogP contribution < -0.4 is 10.6 Å². The topological polar surface area (TPSA) is 96.7 Å². The Hall–Kier alpha value is -1.43. The van der Waals surface area contributed by atoms with Gasteiger partial charge in [-0.2, -0.15) is 5.10 Å². The Kier molecular flexibility index (Phi) is 9.60. The second kappa shape index (κ2) is 11.7. The van der Waals surface area contributed by atoms with Gasteiger partial charge in [0.05, 0.1) is 6.54 Å². The zero-order valence-corrected chi connectivity index (χ0v) is 20.0. The van der Waals surface area contributed by atoms with Gasteiger partial charge in [-0.25, -0.2) is 9.67 Å². The van der Waals surface area contributed by atoms with Crippen LogP contribution in [0.2, 0.25) is 0 Å². The lowest BCUT2D eigenvalue weighted by molar-refractivity contribution is -0.129. The lowest BCUT2D eigenvalue weighted by Gasteiger charge is -2.28. The molecule has 9 nitrogen and oxygen atoms in total. The number of halogens is 1. The number of nitrogens with zero attached hydrogens (tertiary/aromatic N) is 5. The smallest absolute Gasteiger partial charge is 0.222 e. The van der Waals surface area contributed by atoms with Crippen molar-refractivity contribution in [3.8, 4) is 0 Å². The van der Waals surface area contributed by atoms with Crippen molar-refractivity contribution in [2.75, 3.05) is 27.2 Å². The quantitative estimate of drug-likeness (QED) is 0.306. The minimum Gasteiger partial charge on any atom is -0.377 e. The molecule has 3 heterocycles. The van der Waals surface area contributed by atoms with E-state index in [1.54, 1.807) is 14.2 Å². The summed E-state index contributed by atoms with van der Waals surface area (Å²) >= 11 is 0. The molecule has 0 bridgehead atoms. The van der Waals surface area contributed by atoms with Crippen molar-refractivity contribution in [3.63, 3.8) is 0 Å². The summed E-state index contributed by atoms with van der Waals surface area (Å²) in [6, 6.07) is 0.574. The molecule has 0 aromatic carbocycles. The Morgan fingerprint density at radius 1 is 1.41 bits per heavy atom. The number of aliphatic imine (C=N–C) groups is 1. The van der Waals surface area contributed by atoms with Gasteiger partial charge in [0.1, 0.15) is 12.4 Å². The summed E-state index contributed by atoms with van der Waals surface area (Å²) in [5.41, 5.74) is 0. The first-order valence-electron chi connectivity index (χ1n) is 10.3. The van der Waals surface area contributed by atoms with Crippen molar-refractivity contribution < 1.29 is 9.53 Å². The molecule has 3 rings (SSSR count). The number of fused-ring (bicyclic) bond motifs is 1. The van der Waals surface area contributed by atoms with Gasteiger partial charge in [-0.15, -0.1) is 24.0 Å². The third-order valence-corrected chi connectivity index (χ3v) is 5.53. The number of nitrogens with one attached hydrogen (secondary N) is 2. The number of hydrogen-bond acceptors (Lipinski definition) is 5. The fraction of sp³-hybridized carbons (Fsp3) is 0.789. The number of aromatic nitrogens is 3. The summed E-state index contributed by atoms with van der Waals surface area (Å²) < 4.78 is 7.09. The molecular formula is C19H34IN7O2. The van der Waals surface area contributed by atoms with E-state index in [0.29, 0.717) is 25.0 Å². The number of rotatable bonds is 8. The van der Waals surface area contributed by atoms with Crippen LogP contribution in [-0.4, -0.2) is 70.9 Å². The molecule has 1 aromatic heterocycles. The van der Waals surface area contributed by atoms with Gasteiger partial charge in [0.25, 0.3) is 0 Å². The summed E-state index contributed by atoms with van der Waals surface area (Å²) in [6.45, 7) is 5.06. The first-order valence-corrected chi connectivity index (χ1v) is 10.3. The zero-order chi connectivity index (χ0) is 19.9. The highest BCUT2D eigenvalue weighted by molar-refractivity contribution is 14.0. The summed E-state index contributed by atoms with van der Waals surface area (Å²) in [5, 5.41) is 11.4. The van der Waals surface area contributed by atoms with Crippen LogP contribution in [0.4, 0.5) is 0 Å². The number of carbonyl (C=O) groups excluding carboxylic acids is 1. The predicted octanol–water partition coefficient (Wildman–Crippen LogP) is 1.31. The number of likely N-dealkylation sites (tertiary alicyclic amines) is 1. The monoisotopic (exact) mass is 519 g/mol. The van der Waals surface area contributed by atoms with Crippen molar-refractivity contribution in [3.05, 3.63) is 11.6 Å². The van der Waals surface area contributed by atoms with Crippen molar-refractivity contribution in [1.29, 1.82) is 0 Å². The average Bonchev–Trinajstić information content (AvgIpc) is 3.29. The van der Waals surface area contributed by atoms with E-state index in [4.69, 9.17) is 4.74 Å². The molecule has 2 aliphatic heterocycles. The number of aryl methyl sites for hydroxylation is 1. The van der Waals surface area contributed by atoms with Crippen LogP contribution in [0.25, 0.3) is 0 Å². The normalized spacial score (nSPS) is 20.2. The molecule has 0 spiro atoms. The Morgan fingerprint density at radius 2 is 2.24 bits per heavy atom. The maximum atomic E-state index is 12.0. The summed E-state index contributed by atoms with van der Waals surface area (Å²) in [4.78, 5) is 22.9. The molecule has 0 saturated carbocycles. The maximum absolute atomic E-state index is 12.0. The molecular weight excluding hydrogens is 485 g/mol. The standard InChI is InChI=1S/C19H33N7O2.HI/c1-4-15(25-11-5-6-18(25)27)9-10-21-19(20-2)22-14-7-8-17-23-16(13-28-3)24-26(17)12-14;/h14-15H,4-13H2,1-3H3,(H2,20,21,22);1H. The van der Waals surface area contributed by atoms with Gasteiger partial charge >= 0.3 is 0 Å². The molecule has 1 amide bonds. The molecule has 2 unspecified atom stereocenters. The second-order valence-electron chi connectivity index (χ2n) is 7.48. The minimum atomic E-state index is 0. The van der Waals surface area contributed by atoms with Gasteiger partial charge in [-0.1, -0.05) is 6.92 Å². The van der Waals surface area contributed by atoms with Gasteiger partial charge in [0, 0.05) is 52.2 Å². The van der Waals surface area contributed by atoms with E-state index in [9.17, 15) is 4.79 Å². The molecule has 1 saturated heterocycles. The fourth-order valence-electron chi connectivity index (χ4n) is 4.05. The molecule has 164 valence electrons. The lowest BCUT2D eigenvalue weighted by Crippen LogP contribution is -2.48. The average molecular weight is 519 g/mol. The van der Waals surface area contributed by atoms with Crippen LogP contribution in [-0.2, 0) is 29.1 Å². The molecule has 1 aromatic rings. The van der Waals surface area contributed by atoms with E-state index in [1.165, 1.54) is 0 Å². The van der Waals surface area contributed by atoms with Crippen LogP contribution in [0.5, 0.6) is 0 Å². The highest BCUT2D eigenvalue weighted by Gasteiger charge is 2.26. The van der Waals surface area contributed by atoms with Crippen molar-refractivity contribution in [1.82, 2.24) is 30.3 Å². The molecule has 2 aliphatic rings. The molecule has 0 radical (unpaired) electrons. The number of amides is 1. The number of guanidine groups is 1. The number of carbonyl (C=O) groups is 1. The van der Waals surface area contributed by atoms with Crippen molar-refractivity contribution in [2.45, 2.75) is 70.7 Å². The third kappa shape index (κ3) is 6.27. The molecule has 29 heavy (non-hydrogen) atoms. The van der Waals surface area contributed by atoms with Gasteiger partial charge in [0.15, 0.2) is 11.8 Å². The third-order valence-electron chi connectivity index (χ3n) is 5.53. The molecule has 2 N–H and O–H groups in total. The van der Waals surface area contributed by atoms with E-state index >= 15 is 0 Å². The van der Waals surface area contributed by atoms with E-state index in [-0.39, 0.29) is 30.0 Å². The summed E-state index contributed by atoms with van der Waals surface area (Å²) in [6.07, 6.45) is 5.49. The SMILES string of the molecule is CCC(CCNC(=NC)NC1CCc2nc(COC)nn2C1)N1CCCC1=O.I. The minimum absolute atomic E-state index is 0. The molecule has 2 atom stereocenters. The van der Waals surface area contributed by atoms with Crippen LogP contribution >= 0.6 is 24.0 Å². The zero-order valence-electron chi connectivity index (χ0n) is 17.7. The van der Waals surface area contributed by atoms with Gasteiger partial charge in [-0.3, -0.25) is 9.79 Å². The largest absolute Gasteiger partial charge is 0.377 e. The van der Waals surface area contributed by atoms with Gasteiger partial charge in [0.2, 0.25) is 5.91 Å². The highest BCUT2D eigenvalue weighted by atomic mass is 127. The Labute approximate surface area is 190 Å². The fourth-order valence-corrected chi connectivity index (χ4v) is 4.05. The Balaban J connectivity index is 0.00000300. The van der Waals surface area contributed by atoms with Crippen LogP contribution in [0.15, 0.2) is 4.99 Å². The first-order chi connectivity index (χ1) is 13.6. The lowest BCUT2D eigenvalue weighted by atomic mass is 10.1. The summed E-state index contributed by atoms with van der Waals surface area (Å²) in [7, 11) is 3.44. The highest BCUT2D eigenvalue weighted by Crippen LogP contribution is 2.18. The Bertz CT molecular complexity index is 694. The van der Waals surface area contributed by atoms with Crippen LogP contribution in [0, 0.1) is 0 Å². The predicted molar refractivity (Wildman–Crippen MR) is 122 cm³/mol. The second-order valence-corrected chi connectivity index (χ2v) is 7.48. The molecule has 1 fully saturated rings. The number of methoxy groups -OCH3 is 1. The molecule has 0 aliphatic carbocycles. The first kappa shape index (κ1) is 23.8. The number of ether oxygens (including phenoxy) is 1. The van der Waals surface area contributed by atoms with Crippen LogP contribution in [0.3, 0.4) is 0 Å². The number of hydrogen-bond donors (Lipinski definition) is 2. The van der Waals surface area contributed by atoms with Gasteiger partial charge in [-0.05, 0) is 25.7 Å². The van der Waals surface area contributed by atoms with Crippen molar-refractivity contribution in [2.24, 2.45) is 4.99 Å². The maximum Gasteiger partial charge on any atom is 0.222 e.